The van der Waals surface area contributed by atoms with Crippen LogP contribution in [0.25, 0.3) is 10.9 Å². The number of aromatic nitrogens is 2. The average Bonchev–Trinajstić information content (AvgIpc) is 3.63. The summed E-state index contributed by atoms with van der Waals surface area (Å²) in [6, 6.07) is 13.7. The molecule has 1 heterocycles. The predicted molar refractivity (Wildman–Crippen MR) is 124 cm³/mol. The van der Waals surface area contributed by atoms with Crippen molar-refractivity contribution < 1.29 is 9.18 Å². The first-order valence-electron chi connectivity index (χ1n) is 11.3. The summed E-state index contributed by atoms with van der Waals surface area (Å²) in [7, 11) is 0. The normalized spacial score (nSPS) is 17.9. The van der Waals surface area contributed by atoms with Crippen molar-refractivity contribution in [1.82, 2.24) is 14.9 Å². The number of carbonyl (C=O) groups is 1. The Hall–Kier alpha value is -2.67. The molecule has 2 aliphatic rings. The Labute approximate surface area is 190 Å². The van der Waals surface area contributed by atoms with Gasteiger partial charge in [-0.25, -0.2) is 9.37 Å². The van der Waals surface area contributed by atoms with Crippen LogP contribution in [0.3, 0.4) is 0 Å². The third-order valence-electron chi connectivity index (χ3n) is 6.27. The molecule has 1 N–H and O–H groups in total. The second-order valence-corrected chi connectivity index (χ2v) is 9.78. The third-order valence-corrected chi connectivity index (χ3v) is 7.49. The van der Waals surface area contributed by atoms with Gasteiger partial charge >= 0.3 is 0 Å². The van der Waals surface area contributed by atoms with E-state index in [2.05, 4.69) is 5.32 Å². The van der Waals surface area contributed by atoms with Crippen LogP contribution in [0.1, 0.15) is 61.8 Å². The van der Waals surface area contributed by atoms with E-state index in [-0.39, 0.29) is 29.4 Å². The first-order valence-corrected chi connectivity index (χ1v) is 12.2. The van der Waals surface area contributed by atoms with Crippen LogP contribution in [0, 0.1) is 5.82 Å². The lowest BCUT2D eigenvalue weighted by Crippen LogP contribution is -2.32. The summed E-state index contributed by atoms with van der Waals surface area (Å²) in [6.45, 7) is 0. The van der Waals surface area contributed by atoms with E-state index >= 15 is 0 Å². The van der Waals surface area contributed by atoms with Gasteiger partial charge in [-0.2, -0.15) is 0 Å². The summed E-state index contributed by atoms with van der Waals surface area (Å²) < 4.78 is 15.4. The zero-order chi connectivity index (χ0) is 22.1. The van der Waals surface area contributed by atoms with E-state index in [1.165, 1.54) is 30.3 Å². The number of hydrogen-bond donors (Lipinski definition) is 1. The number of para-hydroxylation sites is 1. The number of nitrogens with one attached hydrogen (secondary N) is 1. The fraction of sp³-hybridized carbons (Fsp3) is 0.400. The van der Waals surface area contributed by atoms with E-state index in [0.29, 0.717) is 21.6 Å². The van der Waals surface area contributed by atoms with Gasteiger partial charge < -0.3 is 5.32 Å². The molecule has 5 rings (SSSR count). The molecule has 7 heteroatoms. The molecule has 1 amide bonds. The summed E-state index contributed by atoms with van der Waals surface area (Å²) in [4.78, 5) is 31.6. The monoisotopic (exact) mass is 451 g/mol. The van der Waals surface area contributed by atoms with E-state index in [1.54, 1.807) is 12.1 Å². The second-order valence-electron chi connectivity index (χ2n) is 8.71. The number of amides is 1. The number of nitrogens with zero attached hydrogens (tertiary/aromatic N) is 2. The highest BCUT2D eigenvalue weighted by atomic mass is 32.2. The number of thioether (sulfide) groups is 1. The highest BCUT2D eigenvalue weighted by Crippen LogP contribution is 2.38. The number of fused-ring (bicyclic) bond motifs is 1. The highest BCUT2D eigenvalue weighted by molar-refractivity contribution is 8.00. The average molecular weight is 452 g/mol. The Morgan fingerprint density at radius 3 is 2.47 bits per heavy atom. The van der Waals surface area contributed by atoms with Crippen molar-refractivity contribution in [2.24, 2.45) is 0 Å². The van der Waals surface area contributed by atoms with Crippen LogP contribution in [0.4, 0.5) is 4.39 Å². The third kappa shape index (κ3) is 4.44. The van der Waals surface area contributed by atoms with Crippen molar-refractivity contribution in [1.29, 1.82) is 0 Å². The van der Waals surface area contributed by atoms with Crippen LogP contribution in [-0.2, 0) is 4.79 Å². The van der Waals surface area contributed by atoms with Gasteiger partial charge in [-0.1, -0.05) is 55.3 Å². The van der Waals surface area contributed by atoms with E-state index in [0.717, 1.165) is 38.5 Å². The van der Waals surface area contributed by atoms with E-state index in [1.807, 2.05) is 28.8 Å². The van der Waals surface area contributed by atoms with Crippen molar-refractivity contribution in [3.63, 3.8) is 0 Å². The number of halogens is 1. The first kappa shape index (κ1) is 21.2. The quantitative estimate of drug-likeness (QED) is 0.416. The maximum absolute atomic E-state index is 13.6. The Bertz CT molecular complexity index is 1180. The molecule has 1 atom stereocenters. The van der Waals surface area contributed by atoms with Gasteiger partial charge in [0, 0.05) is 12.1 Å². The molecule has 2 aliphatic carbocycles. The Balaban J connectivity index is 1.59. The molecule has 1 unspecified atom stereocenters. The lowest BCUT2D eigenvalue weighted by atomic mass is 9.95. The van der Waals surface area contributed by atoms with Gasteiger partial charge in [0.15, 0.2) is 5.16 Å². The summed E-state index contributed by atoms with van der Waals surface area (Å²) in [5.41, 5.74) is 1.28. The summed E-state index contributed by atoms with van der Waals surface area (Å²) in [5, 5.41) is 3.61. The van der Waals surface area contributed by atoms with Crippen LogP contribution in [0.15, 0.2) is 58.5 Å². The molecule has 5 nitrogen and oxygen atoms in total. The van der Waals surface area contributed by atoms with Gasteiger partial charge in [0.1, 0.15) is 11.1 Å². The molecule has 0 aliphatic heterocycles. The maximum Gasteiger partial charge on any atom is 0.262 e. The van der Waals surface area contributed by atoms with E-state index in [9.17, 15) is 14.0 Å². The Morgan fingerprint density at radius 1 is 1.03 bits per heavy atom. The van der Waals surface area contributed by atoms with Gasteiger partial charge in [0.05, 0.1) is 10.9 Å². The van der Waals surface area contributed by atoms with Crippen molar-refractivity contribution >= 4 is 28.6 Å². The van der Waals surface area contributed by atoms with E-state index < -0.39 is 5.25 Å². The molecular weight excluding hydrogens is 425 g/mol. The molecule has 2 saturated carbocycles. The van der Waals surface area contributed by atoms with E-state index in [4.69, 9.17) is 4.98 Å². The molecule has 3 aromatic rings. The van der Waals surface area contributed by atoms with Crippen LogP contribution in [0.5, 0.6) is 0 Å². The van der Waals surface area contributed by atoms with Gasteiger partial charge in [-0.3, -0.25) is 14.2 Å². The van der Waals surface area contributed by atoms with Crippen molar-refractivity contribution in [3.05, 3.63) is 70.3 Å². The smallest absolute Gasteiger partial charge is 0.262 e. The molecule has 2 aromatic carbocycles. The molecule has 166 valence electrons. The first-order chi connectivity index (χ1) is 15.6. The van der Waals surface area contributed by atoms with Gasteiger partial charge in [0.25, 0.3) is 5.56 Å². The molecule has 0 bridgehead atoms. The predicted octanol–water partition coefficient (Wildman–Crippen LogP) is 5.15. The molecule has 0 radical (unpaired) electrons. The number of rotatable bonds is 6. The maximum atomic E-state index is 13.6. The zero-order valence-corrected chi connectivity index (χ0v) is 18.6. The van der Waals surface area contributed by atoms with Crippen LogP contribution < -0.4 is 10.9 Å². The van der Waals surface area contributed by atoms with Crippen molar-refractivity contribution in [3.8, 4) is 0 Å². The number of benzene rings is 2. The number of hydrogen-bond acceptors (Lipinski definition) is 4. The number of carbonyl (C=O) groups excluding carboxylic acids is 1. The zero-order valence-electron chi connectivity index (χ0n) is 17.8. The SMILES string of the molecule is O=C(NC1CC1)C(Sc1nc2ccccc2c(=O)n1C1CCCCC1)c1ccc(F)cc1. The van der Waals surface area contributed by atoms with Crippen molar-refractivity contribution in [2.75, 3.05) is 0 Å². The van der Waals surface area contributed by atoms with Gasteiger partial charge in [-0.05, 0) is 55.5 Å². The lowest BCUT2D eigenvalue weighted by molar-refractivity contribution is -0.120. The lowest BCUT2D eigenvalue weighted by Gasteiger charge is -2.27. The fourth-order valence-electron chi connectivity index (χ4n) is 4.39. The summed E-state index contributed by atoms with van der Waals surface area (Å²) in [5.74, 6) is -0.468. The minimum absolute atomic E-state index is 0.0505. The summed E-state index contributed by atoms with van der Waals surface area (Å²) >= 11 is 1.29. The molecule has 1 aromatic heterocycles. The Kier molecular flexibility index (Phi) is 6.00. The summed E-state index contributed by atoms with van der Waals surface area (Å²) in [6.07, 6.45) is 7.17. The second kappa shape index (κ2) is 9.06. The van der Waals surface area contributed by atoms with Crippen LogP contribution >= 0.6 is 11.8 Å². The standard InChI is InChI=1S/C25H26FN3O2S/c26-17-12-10-16(11-13-17)22(23(30)27-18-14-15-18)32-25-28-21-9-5-4-8-20(21)24(31)29(25)19-6-2-1-3-7-19/h4-5,8-13,18-19,22H,1-3,6-7,14-15H2,(H,27,30). The molecule has 32 heavy (non-hydrogen) atoms. The minimum atomic E-state index is -0.612. The topological polar surface area (TPSA) is 64.0 Å². The Morgan fingerprint density at radius 2 is 1.75 bits per heavy atom. The fourth-order valence-corrected chi connectivity index (χ4v) is 5.57. The molecule has 0 spiro atoms. The largest absolute Gasteiger partial charge is 0.352 e. The molecule has 0 saturated heterocycles. The van der Waals surface area contributed by atoms with Crippen molar-refractivity contribution in [2.45, 2.75) is 67.4 Å². The highest BCUT2D eigenvalue weighted by Gasteiger charge is 2.31. The van der Waals surface area contributed by atoms with Crippen LogP contribution in [-0.4, -0.2) is 21.5 Å². The van der Waals surface area contributed by atoms with Crippen LogP contribution in [0.2, 0.25) is 0 Å². The molecular formula is C25H26FN3O2S. The minimum Gasteiger partial charge on any atom is -0.352 e. The molecule has 2 fully saturated rings. The van der Waals surface area contributed by atoms with Gasteiger partial charge in [-0.15, -0.1) is 0 Å². The van der Waals surface area contributed by atoms with Gasteiger partial charge in [0.2, 0.25) is 5.91 Å².